The largest absolute Gasteiger partial charge is 0.475 e. The number of hydrogen-bond donors (Lipinski definition) is 3. The van der Waals surface area contributed by atoms with Crippen molar-refractivity contribution >= 4 is 17.5 Å². The number of carbonyl (C=O) groups excluding carboxylic acids is 1. The summed E-state index contributed by atoms with van der Waals surface area (Å²) in [6.07, 6.45) is -4.11. The molecule has 1 aliphatic heterocycles. The molecule has 23 heavy (non-hydrogen) atoms. The maximum Gasteiger partial charge on any atom is 0.417 e. The van der Waals surface area contributed by atoms with Gasteiger partial charge in [-0.05, 0) is 12.5 Å². The third kappa shape index (κ3) is 4.95. The number of ether oxygens (including phenoxy) is 1. The van der Waals surface area contributed by atoms with E-state index in [1.165, 1.54) is 0 Å². The third-order valence-electron chi connectivity index (χ3n) is 3.20. The molecule has 1 aromatic heterocycles. The van der Waals surface area contributed by atoms with Gasteiger partial charge in [0.2, 0.25) is 11.8 Å². The molecule has 2 heterocycles. The van der Waals surface area contributed by atoms with Crippen molar-refractivity contribution in [1.29, 1.82) is 0 Å². The number of aliphatic hydroxyl groups is 1. The zero-order valence-electron chi connectivity index (χ0n) is 11.9. The maximum absolute atomic E-state index is 12.5. The minimum atomic E-state index is -4.53. The molecule has 2 unspecified atom stereocenters. The Balaban J connectivity index is 1.77. The SMILES string of the molecule is O=C(NCCOc1ncc(C(F)(F)F)cc1Cl)C1CC(O)CN1. The number of aromatic nitrogens is 1. The lowest BCUT2D eigenvalue weighted by Crippen LogP contribution is -2.41. The Kier molecular flexibility index (Phi) is 5.66. The van der Waals surface area contributed by atoms with E-state index in [4.69, 9.17) is 16.3 Å². The topological polar surface area (TPSA) is 83.5 Å². The predicted octanol–water partition coefficient (Wildman–Crippen LogP) is 0.972. The van der Waals surface area contributed by atoms with Gasteiger partial charge in [0.25, 0.3) is 0 Å². The number of alkyl halides is 3. The van der Waals surface area contributed by atoms with Crippen molar-refractivity contribution in [2.24, 2.45) is 0 Å². The fourth-order valence-electron chi connectivity index (χ4n) is 2.05. The average molecular weight is 354 g/mol. The smallest absolute Gasteiger partial charge is 0.417 e. The molecular formula is C13H15ClF3N3O3. The van der Waals surface area contributed by atoms with E-state index in [0.29, 0.717) is 19.2 Å². The maximum atomic E-state index is 12.5. The summed E-state index contributed by atoms with van der Waals surface area (Å²) < 4.78 is 42.5. The van der Waals surface area contributed by atoms with Gasteiger partial charge >= 0.3 is 6.18 Å². The molecule has 0 spiro atoms. The molecular weight excluding hydrogens is 339 g/mol. The summed E-state index contributed by atoms with van der Waals surface area (Å²) >= 11 is 5.68. The lowest BCUT2D eigenvalue weighted by Gasteiger charge is -2.12. The summed E-state index contributed by atoms with van der Waals surface area (Å²) in [5.74, 6) is -0.417. The Labute approximate surface area is 135 Å². The van der Waals surface area contributed by atoms with Crippen molar-refractivity contribution in [2.75, 3.05) is 19.7 Å². The monoisotopic (exact) mass is 353 g/mol. The van der Waals surface area contributed by atoms with Gasteiger partial charge in [0.15, 0.2) is 0 Å². The van der Waals surface area contributed by atoms with E-state index in [0.717, 1.165) is 6.07 Å². The van der Waals surface area contributed by atoms with Gasteiger partial charge in [-0.25, -0.2) is 4.98 Å². The van der Waals surface area contributed by atoms with E-state index in [-0.39, 0.29) is 30.0 Å². The van der Waals surface area contributed by atoms with E-state index in [1.54, 1.807) is 0 Å². The Bertz CT molecular complexity index is 571. The van der Waals surface area contributed by atoms with E-state index >= 15 is 0 Å². The highest BCUT2D eigenvalue weighted by molar-refractivity contribution is 6.31. The lowest BCUT2D eigenvalue weighted by atomic mass is 10.2. The highest BCUT2D eigenvalue weighted by atomic mass is 35.5. The molecule has 0 aromatic carbocycles. The summed E-state index contributed by atoms with van der Waals surface area (Å²) in [4.78, 5) is 15.2. The van der Waals surface area contributed by atoms with E-state index in [9.17, 15) is 23.1 Å². The van der Waals surface area contributed by atoms with Gasteiger partial charge in [0, 0.05) is 12.7 Å². The van der Waals surface area contributed by atoms with Crippen LogP contribution in [0.1, 0.15) is 12.0 Å². The first-order valence-electron chi connectivity index (χ1n) is 6.82. The second-order valence-electron chi connectivity index (χ2n) is 5.00. The van der Waals surface area contributed by atoms with Crippen molar-refractivity contribution in [3.63, 3.8) is 0 Å². The zero-order chi connectivity index (χ0) is 17.0. The molecule has 2 rings (SSSR count). The molecule has 10 heteroatoms. The minimum absolute atomic E-state index is 0.000895. The van der Waals surface area contributed by atoms with Crippen LogP contribution >= 0.6 is 11.6 Å². The van der Waals surface area contributed by atoms with Crippen LogP contribution in [0.25, 0.3) is 0 Å². The van der Waals surface area contributed by atoms with Crippen molar-refractivity contribution in [3.05, 3.63) is 22.8 Å². The Morgan fingerprint density at radius 3 is 2.87 bits per heavy atom. The summed E-state index contributed by atoms with van der Waals surface area (Å²) in [5, 5.41) is 14.5. The molecule has 1 amide bonds. The van der Waals surface area contributed by atoms with Crippen molar-refractivity contribution < 1.29 is 27.8 Å². The molecule has 0 radical (unpaired) electrons. The Hall–Kier alpha value is -1.58. The predicted molar refractivity (Wildman–Crippen MR) is 75.2 cm³/mol. The molecule has 0 aliphatic carbocycles. The Morgan fingerprint density at radius 2 is 2.30 bits per heavy atom. The van der Waals surface area contributed by atoms with Crippen LogP contribution in [0.15, 0.2) is 12.3 Å². The average Bonchev–Trinajstić information content (AvgIpc) is 2.90. The number of hydrogen-bond acceptors (Lipinski definition) is 5. The molecule has 1 aliphatic rings. The number of β-amino-alcohol motifs (C(OH)–C–C–N with tert-alkyl or cyclic N) is 1. The number of pyridine rings is 1. The lowest BCUT2D eigenvalue weighted by molar-refractivity contribution is -0.137. The molecule has 0 saturated carbocycles. The molecule has 6 nitrogen and oxygen atoms in total. The summed E-state index contributed by atoms with van der Waals surface area (Å²) in [6.45, 7) is 0.491. The van der Waals surface area contributed by atoms with E-state index in [1.807, 2.05) is 0 Å². The molecule has 0 bridgehead atoms. The van der Waals surface area contributed by atoms with E-state index < -0.39 is 23.9 Å². The van der Waals surface area contributed by atoms with Crippen LogP contribution in [0, 0.1) is 0 Å². The fourth-order valence-corrected chi connectivity index (χ4v) is 2.27. The normalized spacial score (nSPS) is 21.3. The minimum Gasteiger partial charge on any atom is -0.475 e. The summed E-state index contributed by atoms with van der Waals surface area (Å²) in [6, 6.07) is 0.268. The first kappa shape index (κ1) is 17.8. The number of carbonyl (C=O) groups is 1. The quantitative estimate of drug-likeness (QED) is 0.687. The van der Waals surface area contributed by atoms with Gasteiger partial charge in [0.1, 0.15) is 11.6 Å². The number of nitrogens with zero attached hydrogens (tertiary/aromatic N) is 1. The second-order valence-corrected chi connectivity index (χ2v) is 5.41. The van der Waals surface area contributed by atoms with Crippen molar-refractivity contribution in [1.82, 2.24) is 15.6 Å². The van der Waals surface area contributed by atoms with Crippen LogP contribution in [-0.4, -0.2) is 47.8 Å². The van der Waals surface area contributed by atoms with Crippen LogP contribution in [0.3, 0.4) is 0 Å². The van der Waals surface area contributed by atoms with Gasteiger partial charge < -0.3 is 20.5 Å². The van der Waals surface area contributed by atoms with Crippen LogP contribution in [0.4, 0.5) is 13.2 Å². The van der Waals surface area contributed by atoms with Gasteiger partial charge in [-0.15, -0.1) is 0 Å². The van der Waals surface area contributed by atoms with Crippen molar-refractivity contribution in [3.8, 4) is 5.88 Å². The summed E-state index contributed by atoms with van der Waals surface area (Å²) in [7, 11) is 0. The number of amides is 1. The van der Waals surface area contributed by atoms with Gasteiger partial charge in [-0.3, -0.25) is 4.79 Å². The van der Waals surface area contributed by atoms with Crippen LogP contribution < -0.4 is 15.4 Å². The fraction of sp³-hybridized carbons (Fsp3) is 0.538. The molecule has 1 saturated heterocycles. The first-order valence-corrected chi connectivity index (χ1v) is 7.20. The number of halogens is 4. The van der Waals surface area contributed by atoms with Crippen LogP contribution in [0.5, 0.6) is 5.88 Å². The molecule has 128 valence electrons. The van der Waals surface area contributed by atoms with Gasteiger partial charge in [-0.2, -0.15) is 13.2 Å². The highest BCUT2D eigenvalue weighted by Crippen LogP contribution is 2.32. The number of aliphatic hydroxyl groups excluding tert-OH is 1. The number of nitrogens with one attached hydrogen (secondary N) is 2. The van der Waals surface area contributed by atoms with Crippen LogP contribution in [0.2, 0.25) is 5.02 Å². The summed E-state index contributed by atoms with van der Waals surface area (Å²) in [5.41, 5.74) is -0.964. The van der Waals surface area contributed by atoms with Gasteiger partial charge in [0.05, 0.1) is 24.3 Å². The molecule has 3 N–H and O–H groups in total. The molecule has 2 atom stereocenters. The molecule has 1 aromatic rings. The highest BCUT2D eigenvalue weighted by Gasteiger charge is 2.32. The zero-order valence-corrected chi connectivity index (χ0v) is 12.6. The standard InChI is InChI=1S/C13H15ClF3N3O3/c14-9-3-7(13(15,16)17)5-20-12(9)23-2-1-18-11(22)10-4-8(21)6-19-10/h3,5,8,10,19,21H,1-2,4,6H2,(H,18,22). The van der Waals surface area contributed by atoms with Gasteiger partial charge in [-0.1, -0.05) is 11.6 Å². The van der Waals surface area contributed by atoms with Crippen molar-refractivity contribution in [2.45, 2.75) is 24.7 Å². The second kappa shape index (κ2) is 7.33. The van der Waals surface area contributed by atoms with E-state index in [2.05, 4.69) is 15.6 Å². The number of rotatable bonds is 5. The van der Waals surface area contributed by atoms with Crippen LogP contribution in [-0.2, 0) is 11.0 Å². The first-order chi connectivity index (χ1) is 10.8. The Morgan fingerprint density at radius 1 is 1.57 bits per heavy atom. The third-order valence-corrected chi connectivity index (χ3v) is 3.47. The molecule has 1 fully saturated rings.